The number of Topliss-reactive ketones (excluding diaryl/α,β-unsaturated/α-hetero) is 1. The number of nitrogens with zero attached hydrogens (tertiary/aromatic N) is 3. The fourth-order valence-electron chi connectivity index (χ4n) is 16.4. The average molecular weight is 1190 g/mol. The number of benzene rings is 6. The number of para-hydroxylation sites is 1. The molecule has 454 valence electrons. The number of carboxylic acid groups (broad SMARTS) is 2. The first kappa shape index (κ1) is 59.8. The Kier molecular flexibility index (Phi) is 14.5. The number of aliphatic hydroxyl groups excluding tert-OH is 1. The highest BCUT2D eigenvalue weighted by Gasteiger charge is 2.87. The first-order valence-corrected chi connectivity index (χ1v) is 30.2. The maximum atomic E-state index is 14.0. The molecule has 0 bridgehead atoms. The van der Waals surface area contributed by atoms with Crippen molar-refractivity contribution in [3.05, 3.63) is 220 Å². The standard InChI is InChI=1S/C26H28N3.C26H30O5.C23H16O6/c1-19-17-21(20(2)29(19)24-9-7-6-8-10-24)11-13-23-14-12-22-18-25(27(3)4)15-16-26(22)28(23)5;1-22(2)17(27)7-9-23(3)16-6-10-24(4)15(14-8-11-30-13-14)12-18-26(24,31-18)25(16,5)21(29)19(28)20(22)23;24-20-16(14-7-3-1-5-12(14)9-18(20)22(26)27)11-17-15-8-4-2-6-13(15)10-19(21(17)25)23(28)29/h6-18H,1-5H3;7-9,11,13,15-16,18,28H,6,10,12H2,1-5H3;1-10,24-25H,11H2,(H,26,27)(H,28,29)/q+1;;/p-1. The van der Waals surface area contributed by atoms with Gasteiger partial charge in [-0.05, 0) is 176 Å². The van der Waals surface area contributed by atoms with E-state index < -0.39 is 45.3 Å². The van der Waals surface area contributed by atoms with E-state index in [1.54, 1.807) is 60.9 Å². The zero-order chi connectivity index (χ0) is 63.4. The summed E-state index contributed by atoms with van der Waals surface area (Å²) < 4.78 is 16.4. The number of ether oxygens (including phenoxy) is 1. The molecule has 0 amide bonds. The molecular formula is C75H73N3O11. The van der Waals surface area contributed by atoms with Gasteiger partial charge in [-0.25, -0.2) is 9.59 Å². The fourth-order valence-corrected chi connectivity index (χ4v) is 16.4. The Balaban J connectivity index is 0.000000130. The highest BCUT2D eigenvalue weighted by molar-refractivity contribution is 6.07. The number of carbonyl (C=O) groups is 4. The van der Waals surface area contributed by atoms with Crippen LogP contribution in [0.1, 0.15) is 120 Å². The second-order valence-corrected chi connectivity index (χ2v) is 26.1. The molecule has 6 aromatic carbocycles. The van der Waals surface area contributed by atoms with Crippen molar-refractivity contribution in [3.8, 4) is 17.2 Å². The summed E-state index contributed by atoms with van der Waals surface area (Å²) in [5.41, 5.74) is 7.00. The number of anilines is 1. The van der Waals surface area contributed by atoms with Crippen LogP contribution in [0.25, 0.3) is 50.3 Å². The maximum absolute atomic E-state index is 14.0. The summed E-state index contributed by atoms with van der Waals surface area (Å²) in [6, 6.07) is 42.3. The molecule has 2 saturated carbocycles. The van der Waals surface area contributed by atoms with E-state index >= 15 is 0 Å². The Morgan fingerprint density at radius 3 is 2.08 bits per heavy atom. The second kappa shape index (κ2) is 21.7. The zero-order valence-corrected chi connectivity index (χ0v) is 51.7. The number of aliphatic hydroxyl groups is 1. The van der Waals surface area contributed by atoms with Crippen molar-refractivity contribution in [2.45, 2.75) is 91.8 Å². The number of allylic oxidation sites excluding steroid dienone is 4. The van der Waals surface area contributed by atoms with Crippen LogP contribution < -0.4 is 14.6 Å². The Hall–Kier alpha value is -9.53. The topological polar surface area (TPSA) is 210 Å². The Morgan fingerprint density at radius 2 is 1.43 bits per heavy atom. The van der Waals surface area contributed by atoms with Gasteiger partial charge in [0.05, 0.1) is 35.0 Å². The molecule has 1 aliphatic heterocycles. The molecule has 14 heteroatoms. The molecule has 1 saturated heterocycles. The predicted octanol–water partition coefficient (Wildman–Crippen LogP) is 14.0. The number of ketones is 2. The number of phenols is 1. The molecule has 7 unspecified atom stereocenters. The van der Waals surface area contributed by atoms with Crippen LogP contribution in [0.15, 0.2) is 174 Å². The Labute approximate surface area is 516 Å². The number of hydrogen-bond donors (Lipinski definition) is 4. The summed E-state index contributed by atoms with van der Waals surface area (Å²) in [5.74, 6) is -4.02. The van der Waals surface area contributed by atoms with Gasteiger partial charge < -0.3 is 44.2 Å². The third kappa shape index (κ3) is 9.19. The van der Waals surface area contributed by atoms with Crippen LogP contribution in [0.3, 0.4) is 0 Å². The van der Waals surface area contributed by atoms with Gasteiger partial charge in [0, 0.05) is 83.3 Å². The van der Waals surface area contributed by atoms with E-state index in [9.17, 15) is 44.7 Å². The third-order valence-corrected chi connectivity index (χ3v) is 20.8. The molecule has 0 radical (unpaired) electrons. The first-order valence-electron chi connectivity index (χ1n) is 30.2. The minimum absolute atomic E-state index is 0.00527. The van der Waals surface area contributed by atoms with Gasteiger partial charge >= 0.3 is 11.9 Å². The number of epoxide rings is 1. The van der Waals surface area contributed by atoms with Gasteiger partial charge in [0.25, 0.3) is 0 Å². The second-order valence-electron chi connectivity index (χ2n) is 26.1. The summed E-state index contributed by atoms with van der Waals surface area (Å²) >= 11 is 0. The smallest absolute Gasteiger partial charge is 0.339 e. The number of carboxylic acids is 2. The number of furan rings is 1. The molecule has 7 atom stereocenters. The van der Waals surface area contributed by atoms with Crippen molar-refractivity contribution < 1.29 is 58.4 Å². The van der Waals surface area contributed by atoms with Crippen molar-refractivity contribution >= 4 is 73.8 Å². The summed E-state index contributed by atoms with van der Waals surface area (Å²) in [7, 11) is 6.28. The summed E-state index contributed by atoms with van der Waals surface area (Å²) in [5, 5.41) is 57.4. The highest BCUT2D eigenvalue weighted by Crippen LogP contribution is 2.81. The van der Waals surface area contributed by atoms with Crippen LogP contribution in [0, 0.1) is 41.4 Å². The molecule has 14 rings (SSSR count). The van der Waals surface area contributed by atoms with Gasteiger partial charge in [-0.3, -0.25) is 9.59 Å². The minimum atomic E-state index is -1.34. The lowest BCUT2D eigenvalue weighted by atomic mass is 9.39. The number of rotatable bonds is 9. The molecule has 9 aromatic rings. The van der Waals surface area contributed by atoms with E-state index in [1.165, 1.54) is 62.6 Å². The number of aromatic carboxylic acids is 2. The molecular weight excluding hydrogens is 1120 g/mol. The van der Waals surface area contributed by atoms with Crippen LogP contribution in [0.5, 0.6) is 11.5 Å². The summed E-state index contributed by atoms with van der Waals surface area (Å²) in [6.45, 7) is 14.4. The molecule has 3 fully saturated rings. The number of hydrogen-bond acceptors (Lipinski definition) is 10. The molecule has 3 aromatic heterocycles. The van der Waals surface area contributed by atoms with Gasteiger partial charge in [0.15, 0.2) is 11.5 Å². The SMILES string of the molecule is CC1(C)C(=O)C=CC2(C)C1=C(O)C(=O)C1(C)C2CCC2(C)C(c3ccoc3)CC3OC321.Cc1cc(C=Cc2ccc3cc(N(C)C)ccc3[n+]2C)c(C)n1-c1ccccc1.O=C(O)c1cc2ccccc2c(Cc2c(O)c(C(=O)O)cc3ccccc23)c1[O-]. The number of fused-ring (bicyclic) bond motifs is 6. The van der Waals surface area contributed by atoms with E-state index in [4.69, 9.17) is 9.15 Å². The summed E-state index contributed by atoms with van der Waals surface area (Å²) in [4.78, 5) is 52.0. The van der Waals surface area contributed by atoms with E-state index in [0.29, 0.717) is 27.1 Å². The monoisotopic (exact) mass is 1190 g/mol. The maximum Gasteiger partial charge on any atom is 0.339 e. The van der Waals surface area contributed by atoms with Crippen molar-refractivity contribution in [1.82, 2.24) is 4.57 Å². The molecule has 14 nitrogen and oxygen atoms in total. The molecule has 1 spiro atoms. The lowest BCUT2D eigenvalue weighted by Crippen LogP contribution is -2.66. The number of aromatic hydroxyl groups is 1. The lowest BCUT2D eigenvalue weighted by Gasteiger charge is -2.62. The molecule has 89 heavy (non-hydrogen) atoms. The average Bonchev–Trinajstić information content (AvgIpc) is 1.49. The zero-order valence-electron chi connectivity index (χ0n) is 51.7. The number of pyridine rings is 1. The molecule has 4 aliphatic carbocycles. The van der Waals surface area contributed by atoms with E-state index in [2.05, 4.69) is 142 Å². The van der Waals surface area contributed by atoms with Gasteiger partial charge in [0.1, 0.15) is 24.0 Å². The molecule has 5 aliphatic rings. The van der Waals surface area contributed by atoms with Gasteiger partial charge in [-0.2, -0.15) is 4.57 Å². The van der Waals surface area contributed by atoms with Crippen LogP contribution in [0.4, 0.5) is 5.69 Å². The van der Waals surface area contributed by atoms with Crippen LogP contribution >= 0.6 is 0 Å². The van der Waals surface area contributed by atoms with Gasteiger partial charge in [-0.1, -0.05) is 92.4 Å². The van der Waals surface area contributed by atoms with Crippen LogP contribution in [-0.2, 0) is 27.8 Å². The fraction of sp³-hybridized carbons (Fsp3) is 0.293. The Bertz CT molecular complexity index is 4410. The van der Waals surface area contributed by atoms with Gasteiger partial charge in [0.2, 0.25) is 17.0 Å². The number of aromatic nitrogens is 2. The van der Waals surface area contributed by atoms with Crippen molar-refractivity contribution in [2.75, 3.05) is 19.0 Å². The normalized spacial score (nSPS) is 24.5. The van der Waals surface area contributed by atoms with Crippen molar-refractivity contribution in [2.24, 2.45) is 34.6 Å². The minimum Gasteiger partial charge on any atom is -0.872 e. The van der Waals surface area contributed by atoms with Crippen LogP contribution in [-0.4, -0.2) is 74.3 Å². The van der Waals surface area contributed by atoms with E-state index in [0.717, 1.165) is 19.3 Å². The largest absolute Gasteiger partial charge is 0.872 e. The van der Waals surface area contributed by atoms with E-state index in [1.807, 2.05) is 39.2 Å². The predicted molar refractivity (Wildman–Crippen MR) is 343 cm³/mol. The molecule has 4 heterocycles. The number of aryl methyl sites for hydroxylation is 2. The first-order chi connectivity index (χ1) is 42.3. The van der Waals surface area contributed by atoms with Crippen LogP contribution in [0.2, 0.25) is 0 Å². The quantitative estimate of drug-likeness (QED) is 0.0786. The van der Waals surface area contributed by atoms with Crippen molar-refractivity contribution in [3.63, 3.8) is 0 Å². The highest BCUT2D eigenvalue weighted by atomic mass is 16.6. The summed E-state index contributed by atoms with van der Waals surface area (Å²) in [6.07, 6.45) is 14.1. The van der Waals surface area contributed by atoms with Gasteiger partial charge in [-0.15, -0.1) is 0 Å². The lowest BCUT2D eigenvalue weighted by molar-refractivity contribution is -0.646. The van der Waals surface area contributed by atoms with Crippen molar-refractivity contribution in [1.29, 1.82) is 0 Å². The third-order valence-electron chi connectivity index (χ3n) is 20.8. The number of carbonyl (C=O) groups excluding carboxylic acids is 2. The Morgan fingerprint density at radius 1 is 0.775 bits per heavy atom. The molecule has 4 N–H and O–H groups in total. The van der Waals surface area contributed by atoms with E-state index in [-0.39, 0.29) is 69.4 Å².